The molecule has 160 valence electrons. The van der Waals surface area contributed by atoms with E-state index >= 15 is 0 Å². The number of carbonyl (C=O) groups excluding carboxylic acids is 1. The van der Waals surface area contributed by atoms with Crippen LogP contribution in [0.4, 0.5) is 4.79 Å². The van der Waals surface area contributed by atoms with E-state index in [1.54, 1.807) is 0 Å². The topological polar surface area (TPSA) is 112 Å². The Morgan fingerprint density at radius 3 is 2.26 bits per heavy atom. The van der Waals surface area contributed by atoms with Gasteiger partial charge in [-0.05, 0) is 40.8 Å². The summed E-state index contributed by atoms with van der Waals surface area (Å²) in [5, 5.41) is 32.1. The van der Waals surface area contributed by atoms with Crippen molar-refractivity contribution in [1.82, 2.24) is 10.3 Å². The number of hydrogen-bond donors (Lipinski definition) is 4. The minimum Gasteiger partial charge on any atom is -0.506 e. The van der Waals surface area contributed by atoms with Crippen molar-refractivity contribution in [2.24, 2.45) is 0 Å². The van der Waals surface area contributed by atoms with Gasteiger partial charge in [-0.3, -0.25) is 4.98 Å². The van der Waals surface area contributed by atoms with E-state index in [1.807, 2.05) is 24.3 Å². The number of ether oxygens (including phenoxy) is 1. The van der Waals surface area contributed by atoms with Gasteiger partial charge in [0.25, 0.3) is 0 Å². The van der Waals surface area contributed by atoms with Crippen LogP contribution in [0.15, 0.2) is 66.9 Å². The van der Waals surface area contributed by atoms with E-state index in [-0.39, 0.29) is 36.9 Å². The number of pyridine rings is 1. The average Bonchev–Trinajstić information content (AvgIpc) is 3.11. The molecule has 1 aromatic heterocycles. The van der Waals surface area contributed by atoms with Crippen LogP contribution in [0.3, 0.4) is 0 Å². The molecular weight excluding hydrogens is 396 g/mol. The summed E-state index contributed by atoms with van der Waals surface area (Å²) in [5.74, 6) is -0.0477. The van der Waals surface area contributed by atoms with Crippen molar-refractivity contribution in [2.45, 2.75) is 24.5 Å². The Kier molecular flexibility index (Phi) is 6.16. The van der Waals surface area contributed by atoms with E-state index in [0.29, 0.717) is 0 Å². The number of carbonyl (C=O) groups is 1. The van der Waals surface area contributed by atoms with Crippen molar-refractivity contribution in [3.05, 3.63) is 83.7 Å². The predicted molar refractivity (Wildman–Crippen MR) is 115 cm³/mol. The van der Waals surface area contributed by atoms with E-state index in [1.165, 1.54) is 18.3 Å². The van der Waals surface area contributed by atoms with Crippen molar-refractivity contribution in [3.63, 3.8) is 0 Å². The first-order valence-corrected chi connectivity index (χ1v) is 10.1. The Morgan fingerprint density at radius 1 is 1.00 bits per heavy atom. The molecule has 0 aliphatic heterocycles. The third kappa shape index (κ3) is 4.52. The first kappa shape index (κ1) is 20.8. The molecule has 0 bridgehead atoms. The van der Waals surface area contributed by atoms with Gasteiger partial charge in [0, 0.05) is 12.5 Å². The molecule has 2 unspecified atom stereocenters. The molecule has 2 atom stereocenters. The fraction of sp³-hybridized carbons (Fsp3) is 0.250. The number of rotatable bonds is 7. The second-order valence-electron chi connectivity index (χ2n) is 7.49. The molecule has 1 aliphatic carbocycles. The lowest BCUT2D eigenvalue weighted by Gasteiger charge is -2.18. The maximum absolute atomic E-state index is 12.2. The zero-order valence-electron chi connectivity index (χ0n) is 16.8. The van der Waals surface area contributed by atoms with Crippen molar-refractivity contribution in [2.75, 3.05) is 13.2 Å². The summed E-state index contributed by atoms with van der Waals surface area (Å²) >= 11 is 0. The van der Waals surface area contributed by atoms with E-state index in [2.05, 4.69) is 34.6 Å². The van der Waals surface area contributed by atoms with Gasteiger partial charge in [-0.25, -0.2) is 4.79 Å². The zero-order chi connectivity index (χ0) is 21.8. The molecule has 0 fully saturated rings. The van der Waals surface area contributed by atoms with Gasteiger partial charge in [0.2, 0.25) is 0 Å². The molecule has 1 heterocycles. The zero-order valence-corrected chi connectivity index (χ0v) is 16.8. The molecule has 0 saturated heterocycles. The van der Waals surface area contributed by atoms with Gasteiger partial charge in [0.15, 0.2) is 0 Å². The van der Waals surface area contributed by atoms with Crippen LogP contribution in [0.1, 0.15) is 35.3 Å². The van der Waals surface area contributed by atoms with Crippen LogP contribution < -0.4 is 5.32 Å². The highest BCUT2D eigenvalue weighted by molar-refractivity contribution is 5.79. The Balaban J connectivity index is 1.28. The van der Waals surface area contributed by atoms with Crippen LogP contribution in [0.2, 0.25) is 0 Å². The van der Waals surface area contributed by atoms with Gasteiger partial charge in [0.1, 0.15) is 18.5 Å². The molecule has 0 saturated carbocycles. The lowest BCUT2D eigenvalue weighted by atomic mass is 9.98. The highest BCUT2D eigenvalue weighted by atomic mass is 16.5. The average molecular weight is 420 g/mol. The third-order valence-electron chi connectivity index (χ3n) is 5.49. The minimum absolute atomic E-state index is 0.0221. The number of aliphatic hydroxyl groups is 2. The fourth-order valence-electron chi connectivity index (χ4n) is 3.90. The van der Waals surface area contributed by atoms with Gasteiger partial charge in [-0.1, -0.05) is 48.5 Å². The molecular formula is C24H24N2O5. The normalized spacial score (nSPS) is 14.4. The summed E-state index contributed by atoms with van der Waals surface area (Å²) in [7, 11) is 0. The molecule has 7 heteroatoms. The highest BCUT2D eigenvalue weighted by Gasteiger charge is 2.29. The summed E-state index contributed by atoms with van der Waals surface area (Å²) in [5.41, 5.74) is 4.83. The van der Waals surface area contributed by atoms with Crippen LogP contribution >= 0.6 is 0 Å². The van der Waals surface area contributed by atoms with Crippen molar-refractivity contribution >= 4 is 6.09 Å². The molecule has 1 amide bonds. The number of fused-ring (bicyclic) bond motifs is 3. The van der Waals surface area contributed by atoms with Crippen LogP contribution in [-0.4, -0.2) is 45.7 Å². The third-order valence-corrected chi connectivity index (χ3v) is 5.49. The molecule has 0 spiro atoms. The lowest BCUT2D eigenvalue weighted by Crippen LogP contribution is -2.30. The van der Waals surface area contributed by atoms with Crippen molar-refractivity contribution < 1.29 is 24.9 Å². The van der Waals surface area contributed by atoms with E-state index in [4.69, 9.17) is 4.74 Å². The maximum atomic E-state index is 12.2. The smallest absolute Gasteiger partial charge is 0.407 e. The van der Waals surface area contributed by atoms with Crippen LogP contribution in [-0.2, 0) is 4.74 Å². The van der Waals surface area contributed by atoms with E-state index in [9.17, 15) is 20.1 Å². The van der Waals surface area contributed by atoms with Gasteiger partial charge in [-0.15, -0.1) is 0 Å². The standard InChI is InChI=1S/C24H24N2O5/c27-15-9-10-21(26-13-15)23(29)22(28)11-12-25-24(30)31-14-20-18-7-3-1-5-16(18)17-6-2-4-8-19(17)20/h1-10,13,20,22-23,27-29H,11-12,14H2,(H,25,30). The number of nitrogens with zero attached hydrogens (tertiary/aromatic N) is 1. The summed E-state index contributed by atoms with van der Waals surface area (Å²) in [4.78, 5) is 16.0. The van der Waals surface area contributed by atoms with Gasteiger partial charge < -0.3 is 25.4 Å². The molecule has 3 aromatic rings. The molecule has 4 N–H and O–H groups in total. The number of aromatic hydroxyl groups is 1. The van der Waals surface area contributed by atoms with Crippen LogP contribution in [0.5, 0.6) is 5.75 Å². The Bertz CT molecular complexity index is 1010. The first-order valence-electron chi connectivity index (χ1n) is 10.1. The number of aliphatic hydroxyl groups excluding tert-OH is 2. The van der Waals surface area contributed by atoms with Gasteiger partial charge in [0.05, 0.1) is 18.0 Å². The summed E-state index contributed by atoms with van der Waals surface area (Å²) in [6.45, 7) is 0.343. The molecule has 1 aliphatic rings. The lowest BCUT2D eigenvalue weighted by molar-refractivity contribution is 0.0111. The maximum Gasteiger partial charge on any atom is 0.407 e. The number of alkyl carbamates (subject to hydrolysis) is 1. The monoisotopic (exact) mass is 420 g/mol. The largest absolute Gasteiger partial charge is 0.506 e. The second-order valence-corrected chi connectivity index (χ2v) is 7.49. The van der Waals surface area contributed by atoms with E-state index in [0.717, 1.165) is 22.3 Å². The summed E-state index contributed by atoms with van der Waals surface area (Å²) in [6, 6.07) is 19.0. The van der Waals surface area contributed by atoms with Gasteiger partial charge >= 0.3 is 6.09 Å². The first-order chi connectivity index (χ1) is 15.0. The summed E-state index contributed by atoms with van der Waals surface area (Å²) < 4.78 is 5.45. The SMILES string of the molecule is O=C(NCCC(O)C(O)c1ccc(O)cn1)OCC1c2ccccc2-c2ccccc21. The van der Waals surface area contributed by atoms with E-state index < -0.39 is 18.3 Å². The number of amides is 1. The quantitative estimate of drug-likeness (QED) is 0.467. The molecule has 0 radical (unpaired) electrons. The Hall–Kier alpha value is -3.42. The molecule has 7 nitrogen and oxygen atoms in total. The van der Waals surface area contributed by atoms with Crippen molar-refractivity contribution in [1.29, 1.82) is 0 Å². The molecule has 31 heavy (non-hydrogen) atoms. The number of nitrogens with one attached hydrogen (secondary N) is 1. The minimum atomic E-state index is -1.22. The van der Waals surface area contributed by atoms with Crippen molar-refractivity contribution in [3.8, 4) is 16.9 Å². The number of hydrogen-bond acceptors (Lipinski definition) is 6. The van der Waals surface area contributed by atoms with Gasteiger partial charge in [-0.2, -0.15) is 0 Å². The molecule has 4 rings (SSSR count). The Morgan fingerprint density at radius 2 is 1.65 bits per heavy atom. The molecule has 2 aromatic carbocycles. The second kappa shape index (κ2) is 9.16. The Labute approximate surface area is 180 Å². The number of aromatic nitrogens is 1. The van der Waals surface area contributed by atoms with Crippen LogP contribution in [0, 0.1) is 0 Å². The fourth-order valence-corrected chi connectivity index (χ4v) is 3.90. The number of benzene rings is 2. The van der Waals surface area contributed by atoms with Crippen LogP contribution in [0.25, 0.3) is 11.1 Å². The summed E-state index contributed by atoms with van der Waals surface area (Å²) in [6.07, 6.45) is -1.60. The highest BCUT2D eigenvalue weighted by Crippen LogP contribution is 2.44. The predicted octanol–water partition coefficient (Wildman–Crippen LogP) is 3.11.